The molecular weight excluding hydrogens is 93.0 g/mol. The van der Waals surface area contributed by atoms with Crippen LogP contribution in [0.3, 0.4) is 0 Å². The van der Waals surface area contributed by atoms with Gasteiger partial charge in [-0.25, -0.2) is 0 Å². The van der Waals surface area contributed by atoms with Crippen molar-refractivity contribution in [2.75, 3.05) is 0 Å². The molecule has 5 heavy (non-hydrogen) atoms. The van der Waals surface area contributed by atoms with Gasteiger partial charge < -0.3 is 4.89 Å². The van der Waals surface area contributed by atoms with Crippen molar-refractivity contribution in [3.63, 3.8) is 0 Å². The molecule has 0 heterocycles. The molecule has 0 aromatic heterocycles. The van der Waals surface area contributed by atoms with Crippen LogP contribution in [0.15, 0.2) is 4.95 Å². The predicted molar refractivity (Wildman–Crippen MR) is 17.0 cm³/mol. The predicted octanol–water partition coefficient (Wildman–Crippen LogP) is 0.135. The first-order valence-corrected chi connectivity index (χ1v) is 2.14. The fourth-order valence-corrected chi connectivity index (χ4v) is 0. The van der Waals surface area contributed by atoms with Gasteiger partial charge in [0.1, 0.15) is 0 Å². The zero-order valence-electron chi connectivity index (χ0n) is 2.21. The molecule has 1 unspecified atom stereocenters. The Morgan fingerprint density at radius 3 is 2.00 bits per heavy atom. The van der Waals surface area contributed by atoms with Gasteiger partial charge in [0.05, 0.1) is 0 Å². The van der Waals surface area contributed by atoms with Crippen molar-refractivity contribution >= 4 is 8.18 Å². The molecule has 0 saturated heterocycles. The maximum atomic E-state index is 9.07. The fourth-order valence-electron chi connectivity index (χ4n) is 0. The molecule has 5 heteroatoms. The van der Waals surface area contributed by atoms with Gasteiger partial charge in [-0.1, -0.05) is 0 Å². The van der Waals surface area contributed by atoms with E-state index in [4.69, 9.17) is 14.4 Å². The summed E-state index contributed by atoms with van der Waals surface area (Å²) in [4.78, 5) is 17.9. The second-order valence-corrected chi connectivity index (χ2v) is 1.12. The Kier molecular flexibility index (Phi) is 1.97. The normalized spacial score (nSPS) is 13.8. The zero-order valence-corrected chi connectivity index (χ0v) is 3.21. The molecule has 4 nitrogen and oxygen atoms in total. The maximum Gasteiger partial charge on any atom is 0.339 e. The first-order chi connectivity index (χ1) is 2.27. The fraction of sp³-hybridized carbons (Fsp3) is 0. The van der Waals surface area contributed by atoms with E-state index in [0.29, 0.717) is 0 Å². The highest BCUT2D eigenvalue weighted by atomic mass is 31.1. The Bertz CT molecular complexity index is 57.9. The van der Waals surface area contributed by atoms with Gasteiger partial charge in [0.25, 0.3) is 0 Å². The van der Waals surface area contributed by atoms with Crippen LogP contribution in [0.1, 0.15) is 0 Å². The van der Waals surface area contributed by atoms with Gasteiger partial charge in [-0.15, -0.1) is 4.91 Å². The number of rotatable bonds is 1. The molecule has 0 aliphatic heterocycles. The van der Waals surface area contributed by atoms with Crippen molar-refractivity contribution in [1.82, 2.24) is 0 Å². The average molecular weight is 95.0 g/mol. The van der Waals surface area contributed by atoms with Gasteiger partial charge in [-0.05, 0) is 0 Å². The summed E-state index contributed by atoms with van der Waals surface area (Å²) in [7, 11) is -3.05. The first kappa shape index (κ1) is 4.79. The van der Waals surface area contributed by atoms with E-state index >= 15 is 0 Å². The largest absolute Gasteiger partial charge is 0.339 e. The molecule has 0 aromatic rings. The van der Waals surface area contributed by atoms with Crippen molar-refractivity contribution in [3.05, 3.63) is 4.91 Å². The van der Waals surface area contributed by atoms with Crippen LogP contribution in [0.2, 0.25) is 0 Å². The van der Waals surface area contributed by atoms with Crippen LogP contribution in [0, 0.1) is 4.91 Å². The average Bonchev–Trinajstić information content (AvgIpc) is 1.38. The van der Waals surface area contributed by atoms with Gasteiger partial charge in [0.15, 0.2) is 0 Å². The van der Waals surface area contributed by atoms with Crippen molar-refractivity contribution in [3.8, 4) is 0 Å². The third-order valence-corrected chi connectivity index (χ3v) is 0.234. The molecule has 0 saturated carbocycles. The van der Waals surface area contributed by atoms with E-state index in [9.17, 15) is 0 Å². The van der Waals surface area contributed by atoms with Gasteiger partial charge in [-0.2, -0.15) is 0 Å². The SMILES string of the molecule is O=N[PH](=O)O. The molecular formula is H2NO3P. The lowest BCUT2D eigenvalue weighted by Crippen LogP contribution is -1.35. The van der Waals surface area contributed by atoms with Gasteiger partial charge in [0, 0.05) is 4.95 Å². The second kappa shape index (κ2) is 2.05. The van der Waals surface area contributed by atoms with Crippen LogP contribution < -0.4 is 0 Å². The molecule has 0 aromatic carbocycles. The van der Waals surface area contributed by atoms with E-state index in [1.54, 1.807) is 4.95 Å². The van der Waals surface area contributed by atoms with E-state index < -0.39 is 8.18 Å². The summed E-state index contributed by atoms with van der Waals surface area (Å²) in [5.41, 5.74) is 0. The molecule has 0 fully saturated rings. The molecule has 1 atom stereocenters. The molecule has 0 spiro atoms. The highest BCUT2D eigenvalue weighted by Crippen LogP contribution is 2.10. The summed E-state index contributed by atoms with van der Waals surface area (Å²) in [5.74, 6) is 0. The summed E-state index contributed by atoms with van der Waals surface area (Å²) >= 11 is 0. The van der Waals surface area contributed by atoms with Crippen molar-refractivity contribution < 1.29 is 9.46 Å². The second-order valence-electron chi connectivity index (χ2n) is 0.374. The lowest BCUT2D eigenvalue weighted by Gasteiger charge is -1.60. The Morgan fingerprint density at radius 1 is 1.80 bits per heavy atom. The number of hydrogen-bond acceptors (Lipinski definition) is 2. The van der Waals surface area contributed by atoms with Crippen LogP contribution in [0.25, 0.3) is 0 Å². The van der Waals surface area contributed by atoms with Gasteiger partial charge >= 0.3 is 8.18 Å². The lowest BCUT2D eigenvalue weighted by molar-refractivity contribution is 0.504. The summed E-state index contributed by atoms with van der Waals surface area (Å²) in [6.07, 6.45) is 0. The number of hydrogen-bond donors (Lipinski definition) is 1. The summed E-state index contributed by atoms with van der Waals surface area (Å²) in [6, 6.07) is 0. The summed E-state index contributed by atoms with van der Waals surface area (Å²) in [6.45, 7) is 0. The maximum absolute atomic E-state index is 9.07. The summed E-state index contributed by atoms with van der Waals surface area (Å²) < 4.78 is 9.07. The van der Waals surface area contributed by atoms with Crippen LogP contribution in [0.5, 0.6) is 0 Å². The molecule has 0 radical (unpaired) electrons. The van der Waals surface area contributed by atoms with E-state index in [-0.39, 0.29) is 0 Å². The minimum Gasteiger partial charge on any atom is -0.328 e. The van der Waals surface area contributed by atoms with Crippen LogP contribution in [-0.4, -0.2) is 4.89 Å². The highest BCUT2D eigenvalue weighted by Gasteiger charge is 1.75. The van der Waals surface area contributed by atoms with Crippen LogP contribution in [-0.2, 0) is 4.57 Å². The molecule has 0 rings (SSSR count). The summed E-state index contributed by atoms with van der Waals surface area (Å²) in [5, 5.41) is 0. The van der Waals surface area contributed by atoms with Crippen LogP contribution >= 0.6 is 8.18 Å². The van der Waals surface area contributed by atoms with Crippen molar-refractivity contribution in [1.29, 1.82) is 0 Å². The van der Waals surface area contributed by atoms with E-state index in [1.807, 2.05) is 0 Å². The lowest BCUT2D eigenvalue weighted by atomic mass is 13.7. The number of nitrogens with zero attached hydrogens (tertiary/aromatic N) is 1. The van der Waals surface area contributed by atoms with Crippen molar-refractivity contribution in [2.24, 2.45) is 4.95 Å². The van der Waals surface area contributed by atoms with Gasteiger partial charge in [-0.3, -0.25) is 4.57 Å². The molecule has 0 bridgehead atoms. The van der Waals surface area contributed by atoms with E-state index in [1.165, 1.54) is 0 Å². The number of nitroso groups, excluding NO2 is 1. The Balaban J connectivity index is 3.20. The third-order valence-electron chi connectivity index (χ3n) is 0.0781. The zero-order chi connectivity index (χ0) is 4.28. The highest BCUT2D eigenvalue weighted by molar-refractivity contribution is 7.36. The minimum absolute atomic E-state index is 1.74. The standard InChI is InChI=1S/H2NO3P/c2-1-5(3)4/h5H,(H,3,4). The Hall–Kier alpha value is -0.210. The Morgan fingerprint density at radius 2 is 2.00 bits per heavy atom. The molecule has 0 aliphatic carbocycles. The van der Waals surface area contributed by atoms with Crippen molar-refractivity contribution in [2.45, 2.75) is 0 Å². The quantitative estimate of drug-likeness (QED) is 0.372. The Labute approximate surface area is 28.7 Å². The van der Waals surface area contributed by atoms with E-state index in [0.717, 1.165) is 0 Å². The molecule has 0 amide bonds. The molecule has 0 aliphatic rings. The molecule has 1 N–H and O–H groups in total. The monoisotopic (exact) mass is 95.0 g/mol. The first-order valence-electron chi connectivity index (χ1n) is 0.834. The van der Waals surface area contributed by atoms with Gasteiger partial charge in [0.2, 0.25) is 0 Å². The van der Waals surface area contributed by atoms with Crippen LogP contribution in [0.4, 0.5) is 0 Å². The minimum atomic E-state index is -3.05. The molecule has 30 valence electrons. The smallest absolute Gasteiger partial charge is 0.328 e. The third kappa shape index (κ3) is 3.79. The van der Waals surface area contributed by atoms with E-state index in [2.05, 4.69) is 0 Å². The topological polar surface area (TPSA) is 66.7 Å².